The molecule has 1 atom stereocenters. The van der Waals surface area contributed by atoms with Crippen LogP contribution in [0.3, 0.4) is 0 Å². The lowest BCUT2D eigenvalue weighted by Crippen LogP contribution is -2.46. The molecule has 3 aliphatic rings. The minimum absolute atomic E-state index is 0.0214. The lowest BCUT2D eigenvalue weighted by Gasteiger charge is -2.32. The predicted octanol–water partition coefficient (Wildman–Crippen LogP) is 1.18. The van der Waals surface area contributed by atoms with E-state index in [0.717, 1.165) is 25.9 Å². The van der Waals surface area contributed by atoms with Gasteiger partial charge in [0.15, 0.2) is 0 Å². The van der Waals surface area contributed by atoms with Crippen LogP contribution in [0.15, 0.2) is 24.3 Å². The smallest absolute Gasteiger partial charge is 0.255 e. The van der Waals surface area contributed by atoms with Gasteiger partial charge in [0.2, 0.25) is 11.8 Å². The number of nitrogens with zero attached hydrogens (tertiary/aromatic N) is 2. The first-order valence-electron chi connectivity index (χ1n) is 9.68. The Morgan fingerprint density at radius 2 is 1.89 bits per heavy atom. The molecular weight excluding hydrogens is 346 g/mol. The molecule has 4 rings (SSSR count). The zero-order chi connectivity index (χ0) is 18.9. The Balaban J connectivity index is 1.48. The number of carbonyl (C=O) groups is 3. The maximum absolute atomic E-state index is 12.6. The quantitative estimate of drug-likeness (QED) is 0.847. The number of hydrogen-bond donors (Lipinski definition) is 1. The fraction of sp³-hybridized carbons (Fsp3) is 0.550. The number of nitrogens with one attached hydrogen (secondary N) is 1. The normalized spacial score (nSPS) is 25.5. The standard InChI is InChI=1S/C20H25N3O4/c24-17-7-8-20(9-12-23(17)13-18(25)22-10-3-4-11-22)14-21-19(26)15-5-1-2-6-16(15)27-20/h1-2,5-6H,3-4,7-14H2,(H,21,26)/t20-/m1/s1. The second-order valence-electron chi connectivity index (χ2n) is 7.62. The van der Waals surface area contributed by atoms with E-state index in [-0.39, 0.29) is 24.3 Å². The summed E-state index contributed by atoms with van der Waals surface area (Å²) in [5, 5.41) is 2.94. The van der Waals surface area contributed by atoms with Gasteiger partial charge >= 0.3 is 0 Å². The van der Waals surface area contributed by atoms with Crippen LogP contribution >= 0.6 is 0 Å². The van der Waals surface area contributed by atoms with Crippen LogP contribution in [0.5, 0.6) is 5.75 Å². The Kier molecular flexibility index (Phi) is 4.76. The average molecular weight is 371 g/mol. The maximum Gasteiger partial charge on any atom is 0.255 e. The van der Waals surface area contributed by atoms with Crippen LogP contribution in [0.4, 0.5) is 0 Å². The van der Waals surface area contributed by atoms with Crippen molar-refractivity contribution in [2.75, 3.05) is 32.7 Å². The van der Waals surface area contributed by atoms with Crippen molar-refractivity contribution in [1.29, 1.82) is 0 Å². The van der Waals surface area contributed by atoms with Gasteiger partial charge in [-0.25, -0.2) is 0 Å². The number of para-hydroxylation sites is 1. The number of likely N-dealkylation sites (tertiary alicyclic amines) is 2. The molecule has 7 nitrogen and oxygen atoms in total. The van der Waals surface area contributed by atoms with E-state index in [1.165, 1.54) is 0 Å². The van der Waals surface area contributed by atoms with Gasteiger partial charge in [0, 0.05) is 32.5 Å². The molecule has 27 heavy (non-hydrogen) atoms. The summed E-state index contributed by atoms with van der Waals surface area (Å²) in [5.41, 5.74) is -0.102. The molecule has 0 saturated carbocycles. The summed E-state index contributed by atoms with van der Waals surface area (Å²) < 4.78 is 6.28. The monoisotopic (exact) mass is 371 g/mol. The van der Waals surface area contributed by atoms with Gasteiger partial charge in [0.05, 0.1) is 18.7 Å². The second kappa shape index (κ2) is 7.21. The molecule has 1 aromatic carbocycles. The SMILES string of the molecule is O=C1NC[C@]2(CCC(=O)N(CC(=O)N3CCCC3)CC2)Oc2ccccc21. The third-order valence-electron chi connectivity index (χ3n) is 5.80. The van der Waals surface area contributed by atoms with Crippen LogP contribution in [-0.4, -0.2) is 65.8 Å². The average Bonchev–Trinajstić information content (AvgIpc) is 3.13. The van der Waals surface area contributed by atoms with Crippen molar-refractivity contribution in [1.82, 2.24) is 15.1 Å². The molecular formula is C20H25N3O4. The van der Waals surface area contributed by atoms with Crippen LogP contribution in [0.1, 0.15) is 42.5 Å². The number of rotatable bonds is 2. The van der Waals surface area contributed by atoms with E-state index in [1.807, 2.05) is 17.0 Å². The van der Waals surface area contributed by atoms with Crippen molar-refractivity contribution >= 4 is 17.7 Å². The van der Waals surface area contributed by atoms with E-state index in [2.05, 4.69) is 5.32 Å². The highest BCUT2D eigenvalue weighted by Gasteiger charge is 2.40. The van der Waals surface area contributed by atoms with Gasteiger partial charge < -0.3 is 19.9 Å². The van der Waals surface area contributed by atoms with E-state index < -0.39 is 5.60 Å². The Labute approximate surface area is 158 Å². The minimum Gasteiger partial charge on any atom is -0.485 e. The molecule has 0 unspecified atom stereocenters. The van der Waals surface area contributed by atoms with Gasteiger partial charge in [-0.15, -0.1) is 0 Å². The molecule has 144 valence electrons. The summed E-state index contributed by atoms with van der Waals surface area (Å²) in [6.45, 7) is 2.53. The molecule has 3 heterocycles. The second-order valence-corrected chi connectivity index (χ2v) is 7.62. The van der Waals surface area contributed by atoms with Crippen molar-refractivity contribution in [2.24, 2.45) is 0 Å². The zero-order valence-corrected chi connectivity index (χ0v) is 15.4. The van der Waals surface area contributed by atoms with Crippen LogP contribution < -0.4 is 10.1 Å². The zero-order valence-electron chi connectivity index (χ0n) is 15.4. The number of fused-ring (bicyclic) bond motifs is 1. The highest BCUT2D eigenvalue weighted by atomic mass is 16.5. The number of ether oxygens (including phenoxy) is 1. The van der Waals surface area contributed by atoms with Crippen molar-refractivity contribution in [2.45, 2.75) is 37.7 Å². The first kappa shape index (κ1) is 17.8. The Morgan fingerprint density at radius 3 is 2.70 bits per heavy atom. The fourth-order valence-electron chi connectivity index (χ4n) is 4.11. The molecule has 2 saturated heterocycles. The topological polar surface area (TPSA) is 79.0 Å². The predicted molar refractivity (Wildman–Crippen MR) is 98.4 cm³/mol. The van der Waals surface area contributed by atoms with Gasteiger partial charge in [-0.3, -0.25) is 14.4 Å². The molecule has 2 fully saturated rings. The molecule has 0 bridgehead atoms. The van der Waals surface area contributed by atoms with Gasteiger partial charge in [-0.05, 0) is 31.4 Å². The maximum atomic E-state index is 12.6. The van der Waals surface area contributed by atoms with Crippen LogP contribution in [0, 0.1) is 0 Å². The third kappa shape index (κ3) is 3.63. The van der Waals surface area contributed by atoms with Gasteiger partial charge in [-0.1, -0.05) is 12.1 Å². The summed E-state index contributed by atoms with van der Waals surface area (Å²) in [5.74, 6) is 0.407. The van der Waals surface area contributed by atoms with Gasteiger partial charge in [-0.2, -0.15) is 0 Å². The van der Waals surface area contributed by atoms with Crippen LogP contribution in [-0.2, 0) is 9.59 Å². The van der Waals surface area contributed by atoms with E-state index >= 15 is 0 Å². The first-order chi connectivity index (χ1) is 13.1. The molecule has 1 spiro atoms. The van der Waals surface area contributed by atoms with Crippen molar-refractivity contribution in [3.05, 3.63) is 29.8 Å². The highest BCUT2D eigenvalue weighted by Crippen LogP contribution is 2.33. The van der Waals surface area contributed by atoms with Gasteiger partial charge in [0.25, 0.3) is 5.91 Å². The van der Waals surface area contributed by atoms with E-state index in [0.29, 0.717) is 43.7 Å². The van der Waals surface area contributed by atoms with E-state index in [4.69, 9.17) is 4.74 Å². The number of amides is 3. The Hall–Kier alpha value is -2.57. The largest absolute Gasteiger partial charge is 0.485 e. The number of carbonyl (C=O) groups excluding carboxylic acids is 3. The lowest BCUT2D eigenvalue weighted by atomic mass is 9.94. The van der Waals surface area contributed by atoms with Crippen LogP contribution in [0.25, 0.3) is 0 Å². The number of hydrogen-bond acceptors (Lipinski definition) is 4. The Morgan fingerprint density at radius 1 is 1.11 bits per heavy atom. The molecule has 0 aliphatic carbocycles. The molecule has 1 N–H and O–H groups in total. The summed E-state index contributed by atoms with van der Waals surface area (Å²) in [7, 11) is 0. The molecule has 1 aromatic rings. The number of benzene rings is 1. The van der Waals surface area contributed by atoms with Crippen molar-refractivity contribution < 1.29 is 19.1 Å². The molecule has 0 radical (unpaired) electrons. The summed E-state index contributed by atoms with van der Waals surface area (Å²) >= 11 is 0. The summed E-state index contributed by atoms with van der Waals surface area (Å²) in [6, 6.07) is 7.19. The Bertz CT molecular complexity index is 759. The summed E-state index contributed by atoms with van der Waals surface area (Å²) in [4.78, 5) is 40.9. The van der Waals surface area contributed by atoms with Crippen LogP contribution in [0.2, 0.25) is 0 Å². The summed E-state index contributed by atoms with van der Waals surface area (Å²) in [6.07, 6.45) is 3.49. The lowest BCUT2D eigenvalue weighted by molar-refractivity contribution is -0.139. The van der Waals surface area contributed by atoms with Crippen molar-refractivity contribution in [3.8, 4) is 5.75 Å². The van der Waals surface area contributed by atoms with E-state index in [9.17, 15) is 14.4 Å². The molecule has 7 heteroatoms. The fourth-order valence-corrected chi connectivity index (χ4v) is 4.11. The molecule has 0 aromatic heterocycles. The van der Waals surface area contributed by atoms with Crippen molar-refractivity contribution in [3.63, 3.8) is 0 Å². The van der Waals surface area contributed by atoms with Gasteiger partial charge in [0.1, 0.15) is 11.4 Å². The molecule has 3 amide bonds. The minimum atomic E-state index is -0.622. The molecule has 3 aliphatic heterocycles. The van der Waals surface area contributed by atoms with E-state index in [1.54, 1.807) is 17.0 Å². The highest BCUT2D eigenvalue weighted by molar-refractivity contribution is 5.97. The first-order valence-corrected chi connectivity index (χ1v) is 9.68. The third-order valence-corrected chi connectivity index (χ3v) is 5.80.